The molecule has 0 amide bonds. The van der Waals surface area contributed by atoms with Crippen molar-refractivity contribution in [1.29, 1.82) is 0 Å². The van der Waals surface area contributed by atoms with E-state index < -0.39 is 0 Å². The number of nitrogens with zero attached hydrogens (tertiary/aromatic N) is 3. The maximum Gasteiger partial charge on any atom is 0.193 e. The molecule has 0 aliphatic heterocycles. The van der Waals surface area contributed by atoms with Crippen LogP contribution in [0.1, 0.15) is 40.9 Å². The molecule has 0 bridgehead atoms. The second-order valence-electron chi connectivity index (χ2n) is 12.4. The van der Waals surface area contributed by atoms with Crippen molar-refractivity contribution in [3.63, 3.8) is 0 Å². The van der Waals surface area contributed by atoms with Crippen molar-refractivity contribution in [2.24, 2.45) is 0 Å². The van der Waals surface area contributed by atoms with Crippen molar-refractivity contribution < 1.29 is 4.79 Å². The molecule has 0 N–H and O–H groups in total. The van der Waals surface area contributed by atoms with Crippen LogP contribution in [0.5, 0.6) is 0 Å². The maximum absolute atomic E-state index is 13.5. The van der Waals surface area contributed by atoms with Crippen LogP contribution in [0.2, 0.25) is 0 Å². The number of hydrogen-bond donors (Lipinski definition) is 0. The first-order chi connectivity index (χ1) is 23.0. The number of fused-ring (bicyclic) bond motifs is 2. The van der Waals surface area contributed by atoms with Gasteiger partial charge in [-0.05, 0) is 45.5 Å². The Balaban J connectivity index is 1.23. The molecule has 6 aromatic carbocycles. The smallest absolute Gasteiger partial charge is 0.193 e. The Morgan fingerprint density at radius 1 is 0.383 bits per heavy atom. The highest BCUT2D eigenvalue weighted by Gasteiger charge is 2.36. The van der Waals surface area contributed by atoms with Crippen molar-refractivity contribution in [1.82, 2.24) is 15.0 Å². The average molecular weight is 606 g/mol. The highest BCUT2D eigenvalue weighted by molar-refractivity contribution is 6.13. The van der Waals surface area contributed by atoms with Crippen molar-refractivity contribution in [3.8, 4) is 56.4 Å². The number of aromatic nitrogens is 3. The van der Waals surface area contributed by atoms with Crippen LogP contribution in [0.3, 0.4) is 0 Å². The van der Waals surface area contributed by atoms with Gasteiger partial charge in [-0.3, -0.25) is 4.79 Å². The summed E-state index contributed by atoms with van der Waals surface area (Å²) in [7, 11) is 0. The van der Waals surface area contributed by atoms with Crippen LogP contribution in [-0.4, -0.2) is 20.7 Å². The number of benzene rings is 6. The number of rotatable bonds is 5. The minimum Gasteiger partial charge on any atom is -0.289 e. The van der Waals surface area contributed by atoms with E-state index in [2.05, 4.69) is 68.4 Å². The summed E-state index contributed by atoms with van der Waals surface area (Å²) >= 11 is 0. The van der Waals surface area contributed by atoms with Gasteiger partial charge in [-0.1, -0.05) is 153 Å². The van der Waals surface area contributed by atoms with Crippen LogP contribution in [0.25, 0.3) is 56.4 Å². The van der Waals surface area contributed by atoms with Gasteiger partial charge in [0.05, 0.1) is 0 Å². The van der Waals surface area contributed by atoms with Gasteiger partial charge in [0.15, 0.2) is 23.3 Å². The zero-order valence-corrected chi connectivity index (χ0v) is 26.2. The molecule has 0 saturated carbocycles. The van der Waals surface area contributed by atoms with Crippen LogP contribution >= 0.6 is 0 Å². The second-order valence-corrected chi connectivity index (χ2v) is 12.4. The lowest BCUT2D eigenvalue weighted by Gasteiger charge is -2.34. The van der Waals surface area contributed by atoms with Gasteiger partial charge >= 0.3 is 0 Å². The average Bonchev–Trinajstić information content (AvgIpc) is 3.14. The van der Waals surface area contributed by atoms with Gasteiger partial charge < -0.3 is 0 Å². The molecule has 4 nitrogen and oxygen atoms in total. The first-order valence-electron chi connectivity index (χ1n) is 15.8. The highest BCUT2D eigenvalue weighted by Crippen LogP contribution is 2.43. The summed E-state index contributed by atoms with van der Waals surface area (Å²) in [4.78, 5) is 28.3. The summed E-state index contributed by atoms with van der Waals surface area (Å²) in [6.45, 7) is 4.41. The first kappa shape index (κ1) is 28.5. The summed E-state index contributed by atoms with van der Waals surface area (Å²) in [5.74, 6) is 1.97. The van der Waals surface area contributed by atoms with Crippen molar-refractivity contribution in [3.05, 3.63) is 174 Å². The van der Waals surface area contributed by atoms with E-state index in [9.17, 15) is 4.79 Å². The molecule has 1 aliphatic rings. The van der Waals surface area contributed by atoms with Gasteiger partial charge in [0, 0.05) is 33.2 Å². The molecule has 1 aromatic heterocycles. The minimum atomic E-state index is -0.300. The Kier molecular flexibility index (Phi) is 6.92. The van der Waals surface area contributed by atoms with E-state index in [1.165, 1.54) is 0 Å². The third kappa shape index (κ3) is 5.04. The fourth-order valence-corrected chi connectivity index (χ4v) is 6.68. The molecule has 0 radical (unpaired) electrons. The molecule has 0 fully saturated rings. The zero-order valence-electron chi connectivity index (χ0n) is 26.2. The molecule has 0 spiro atoms. The monoisotopic (exact) mass is 605 g/mol. The second kappa shape index (κ2) is 11.4. The molecule has 1 aliphatic carbocycles. The fraction of sp³-hybridized carbons (Fsp3) is 0.0698. The lowest BCUT2D eigenvalue weighted by Crippen LogP contribution is -2.30. The van der Waals surface area contributed by atoms with Crippen LogP contribution < -0.4 is 0 Å². The number of carbonyl (C=O) groups excluding carboxylic acids is 1. The van der Waals surface area contributed by atoms with Gasteiger partial charge in [0.25, 0.3) is 0 Å². The van der Waals surface area contributed by atoms with Gasteiger partial charge in [-0.2, -0.15) is 0 Å². The summed E-state index contributed by atoms with van der Waals surface area (Å²) in [5, 5.41) is 0. The molecule has 47 heavy (non-hydrogen) atoms. The molecule has 0 saturated heterocycles. The van der Waals surface area contributed by atoms with Gasteiger partial charge in [0.1, 0.15) is 0 Å². The largest absolute Gasteiger partial charge is 0.289 e. The Morgan fingerprint density at radius 2 is 0.872 bits per heavy atom. The lowest BCUT2D eigenvalue weighted by molar-refractivity contribution is 0.103. The quantitative estimate of drug-likeness (QED) is 0.196. The molecule has 0 atom stereocenters. The first-order valence-corrected chi connectivity index (χ1v) is 15.8. The normalized spacial score (nSPS) is 13.1. The standard InChI is InChI=1S/C43H31N3O/c1-43(2)37-23-12-11-22-35(37)39(47)36-25-24-31(27-38(36)43)30-18-13-19-32(26-30)33-20-9-10-21-34(33)42-45-40(28-14-5-3-6-15-28)44-41(46-42)29-16-7-4-8-17-29/h3-27H,1-2H3. The summed E-state index contributed by atoms with van der Waals surface area (Å²) in [5.41, 5.74) is 10.4. The summed E-state index contributed by atoms with van der Waals surface area (Å²) in [6, 6.07) is 51.1. The number of hydrogen-bond acceptors (Lipinski definition) is 4. The van der Waals surface area contributed by atoms with Crippen LogP contribution in [0.4, 0.5) is 0 Å². The molecule has 7 aromatic rings. The molecule has 4 heteroatoms. The van der Waals surface area contributed by atoms with E-state index in [1.54, 1.807) is 0 Å². The maximum atomic E-state index is 13.5. The number of carbonyl (C=O) groups is 1. The van der Waals surface area contributed by atoms with Crippen LogP contribution in [0, 0.1) is 0 Å². The summed E-state index contributed by atoms with van der Waals surface area (Å²) < 4.78 is 0. The topological polar surface area (TPSA) is 55.7 Å². The molecule has 8 rings (SSSR count). The fourth-order valence-electron chi connectivity index (χ4n) is 6.68. The highest BCUT2D eigenvalue weighted by atomic mass is 16.1. The third-order valence-electron chi connectivity index (χ3n) is 9.16. The molecular weight excluding hydrogens is 574 g/mol. The SMILES string of the molecule is CC1(C)c2ccccc2C(=O)c2ccc(-c3cccc(-c4ccccc4-c4nc(-c5ccccc5)nc(-c5ccccc5)n4)c3)cc21. The third-order valence-corrected chi connectivity index (χ3v) is 9.16. The van der Waals surface area contributed by atoms with Crippen molar-refractivity contribution >= 4 is 5.78 Å². The molecule has 1 heterocycles. The van der Waals surface area contributed by atoms with E-state index in [4.69, 9.17) is 15.0 Å². The van der Waals surface area contributed by atoms with Crippen LogP contribution in [-0.2, 0) is 5.41 Å². The van der Waals surface area contributed by atoms with Crippen molar-refractivity contribution in [2.75, 3.05) is 0 Å². The zero-order chi connectivity index (χ0) is 32.0. The van der Waals surface area contributed by atoms with Gasteiger partial charge in [-0.15, -0.1) is 0 Å². The molecular formula is C43H31N3O. The van der Waals surface area contributed by atoms with Crippen LogP contribution in [0.15, 0.2) is 152 Å². The Bertz CT molecular complexity index is 2230. The van der Waals surface area contributed by atoms with E-state index in [0.717, 1.165) is 61.2 Å². The Labute approximate surface area is 274 Å². The predicted molar refractivity (Wildman–Crippen MR) is 189 cm³/mol. The van der Waals surface area contributed by atoms with E-state index in [1.807, 2.05) is 97.1 Å². The van der Waals surface area contributed by atoms with Crippen molar-refractivity contribution in [2.45, 2.75) is 19.3 Å². The minimum absolute atomic E-state index is 0.0891. The van der Waals surface area contributed by atoms with E-state index in [-0.39, 0.29) is 11.2 Å². The summed E-state index contributed by atoms with van der Waals surface area (Å²) in [6.07, 6.45) is 0. The van der Waals surface area contributed by atoms with Gasteiger partial charge in [-0.25, -0.2) is 15.0 Å². The number of ketones is 1. The van der Waals surface area contributed by atoms with E-state index >= 15 is 0 Å². The Hall–Kier alpha value is -6.00. The Morgan fingerprint density at radius 3 is 1.55 bits per heavy atom. The van der Waals surface area contributed by atoms with Gasteiger partial charge in [0.2, 0.25) is 0 Å². The molecule has 0 unspecified atom stereocenters. The van der Waals surface area contributed by atoms with E-state index in [0.29, 0.717) is 17.5 Å². The molecule has 224 valence electrons. The lowest BCUT2D eigenvalue weighted by atomic mass is 9.68. The predicted octanol–water partition coefficient (Wildman–Crippen LogP) is 10.1.